The van der Waals surface area contributed by atoms with Crippen molar-refractivity contribution in [3.8, 4) is 5.75 Å². The third kappa shape index (κ3) is 5.02. The van der Waals surface area contributed by atoms with Gasteiger partial charge in [0.1, 0.15) is 11.4 Å². The standard InChI is InChI=1S/C27H23NO4S/c1-17(27(30)31)13-22(29)25-15-20-14-21(23(32-2)16-24(20)33-25)28-26(18-9-5-3-6-10-18)19-11-7-4-8-12-19/h3-12,14-17H,13H2,1-2H3,(H,30,31). The first-order valence-electron chi connectivity index (χ1n) is 10.5. The third-order valence-electron chi connectivity index (χ3n) is 5.33. The molecule has 3 aromatic carbocycles. The van der Waals surface area contributed by atoms with Gasteiger partial charge in [0, 0.05) is 28.3 Å². The highest BCUT2D eigenvalue weighted by atomic mass is 32.1. The van der Waals surface area contributed by atoms with Crippen molar-refractivity contribution in [1.29, 1.82) is 0 Å². The number of carbonyl (C=O) groups is 2. The summed E-state index contributed by atoms with van der Waals surface area (Å²) in [6, 6.07) is 25.5. The number of benzene rings is 3. The molecule has 0 spiro atoms. The van der Waals surface area contributed by atoms with Gasteiger partial charge in [0.15, 0.2) is 5.78 Å². The Morgan fingerprint density at radius 3 is 2.12 bits per heavy atom. The molecule has 0 radical (unpaired) electrons. The van der Waals surface area contributed by atoms with Crippen LogP contribution in [0, 0.1) is 5.92 Å². The van der Waals surface area contributed by atoms with Crippen LogP contribution in [0.15, 0.2) is 83.9 Å². The maximum Gasteiger partial charge on any atom is 0.306 e. The Morgan fingerprint density at radius 1 is 0.970 bits per heavy atom. The molecule has 0 saturated carbocycles. The molecule has 1 heterocycles. The van der Waals surface area contributed by atoms with E-state index < -0.39 is 11.9 Å². The summed E-state index contributed by atoms with van der Waals surface area (Å²) >= 11 is 1.34. The second-order valence-electron chi connectivity index (χ2n) is 7.73. The third-order valence-corrected chi connectivity index (χ3v) is 6.47. The molecule has 1 atom stereocenters. The van der Waals surface area contributed by atoms with Crippen LogP contribution in [0.4, 0.5) is 5.69 Å². The first kappa shape index (κ1) is 22.4. The molecule has 5 nitrogen and oxygen atoms in total. The normalized spacial score (nSPS) is 11.7. The second kappa shape index (κ2) is 9.79. The number of thiophene rings is 1. The molecular formula is C27H23NO4S. The number of carboxylic acid groups (broad SMARTS) is 1. The number of ketones is 1. The molecule has 0 aliphatic carbocycles. The highest BCUT2D eigenvalue weighted by Gasteiger charge is 2.20. The highest BCUT2D eigenvalue weighted by molar-refractivity contribution is 7.20. The van der Waals surface area contributed by atoms with Gasteiger partial charge in [-0.2, -0.15) is 0 Å². The number of fused-ring (bicyclic) bond motifs is 1. The van der Waals surface area contributed by atoms with Crippen molar-refractivity contribution in [1.82, 2.24) is 0 Å². The van der Waals surface area contributed by atoms with E-state index in [-0.39, 0.29) is 12.2 Å². The SMILES string of the molecule is COc1cc2sc(C(=O)CC(C)C(=O)O)cc2cc1N=C(c1ccccc1)c1ccccc1. The van der Waals surface area contributed by atoms with Crippen molar-refractivity contribution in [2.45, 2.75) is 13.3 Å². The maximum atomic E-state index is 12.6. The van der Waals surface area contributed by atoms with Gasteiger partial charge in [0.05, 0.1) is 23.6 Å². The molecule has 0 fully saturated rings. The molecule has 1 unspecified atom stereocenters. The van der Waals surface area contributed by atoms with E-state index in [2.05, 4.69) is 0 Å². The number of hydrogen-bond acceptors (Lipinski definition) is 5. The lowest BCUT2D eigenvalue weighted by atomic mass is 10.0. The van der Waals surface area contributed by atoms with Crippen LogP contribution >= 0.6 is 11.3 Å². The van der Waals surface area contributed by atoms with Crippen molar-refractivity contribution < 1.29 is 19.4 Å². The maximum absolute atomic E-state index is 12.6. The summed E-state index contributed by atoms with van der Waals surface area (Å²) in [4.78, 5) is 29.2. The van der Waals surface area contributed by atoms with Crippen molar-refractivity contribution >= 4 is 44.6 Å². The van der Waals surface area contributed by atoms with E-state index in [1.54, 1.807) is 13.2 Å². The van der Waals surface area contributed by atoms with Gasteiger partial charge in [-0.1, -0.05) is 67.6 Å². The molecule has 6 heteroatoms. The molecular weight excluding hydrogens is 434 g/mol. The molecule has 1 N–H and O–H groups in total. The Labute approximate surface area is 196 Å². The smallest absolute Gasteiger partial charge is 0.306 e. The van der Waals surface area contributed by atoms with Crippen LogP contribution in [-0.2, 0) is 4.79 Å². The van der Waals surface area contributed by atoms with Gasteiger partial charge < -0.3 is 9.84 Å². The summed E-state index contributed by atoms with van der Waals surface area (Å²) in [5.74, 6) is -1.27. The molecule has 1 aromatic heterocycles. The Hall–Kier alpha value is -3.77. The average Bonchev–Trinajstić information content (AvgIpc) is 3.26. The van der Waals surface area contributed by atoms with Gasteiger partial charge >= 0.3 is 5.97 Å². The second-order valence-corrected chi connectivity index (χ2v) is 8.82. The molecule has 0 saturated heterocycles. The van der Waals surface area contributed by atoms with E-state index in [1.807, 2.05) is 72.8 Å². The number of nitrogens with zero attached hydrogens (tertiary/aromatic N) is 1. The fourth-order valence-corrected chi connectivity index (χ4v) is 4.54. The lowest BCUT2D eigenvalue weighted by Crippen LogP contribution is -2.13. The number of ether oxygens (including phenoxy) is 1. The van der Waals surface area contributed by atoms with Gasteiger partial charge in [0.25, 0.3) is 0 Å². The largest absolute Gasteiger partial charge is 0.494 e. The minimum Gasteiger partial charge on any atom is -0.494 e. The Balaban J connectivity index is 1.79. The summed E-state index contributed by atoms with van der Waals surface area (Å²) in [5, 5.41) is 9.98. The molecule has 0 bridgehead atoms. The fourth-order valence-electron chi connectivity index (χ4n) is 3.52. The van der Waals surface area contributed by atoms with Crippen molar-refractivity contribution in [3.05, 3.63) is 94.9 Å². The van der Waals surface area contributed by atoms with E-state index in [1.165, 1.54) is 18.3 Å². The predicted molar refractivity (Wildman–Crippen MR) is 132 cm³/mol. The van der Waals surface area contributed by atoms with Crippen LogP contribution in [0.3, 0.4) is 0 Å². The number of carboxylic acids is 1. The minimum atomic E-state index is -0.975. The molecule has 166 valence electrons. The van der Waals surface area contributed by atoms with Crippen molar-refractivity contribution in [3.63, 3.8) is 0 Å². The number of aliphatic imine (C=N–C) groups is 1. The van der Waals surface area contributed by atoms with E-state index in [0.717, 1.165) is 26.9 Å². The van der Waals surface area contributed by atoms with Gasteiger partial charge in [0.2, 0.25) is 0 Å². The summed E-state index contributed by atoms with van der Waals surface area (Å²) in [6.45, 7) is 1.54. The Bertz CT molecular complexity index is 1290. The monoisotopic (exact) mass is 457 g/mol. The van der Waals surface area contributed by atoms with Crippen LogP contribution in [0.5, 0.6) is 5.75 Å². The summed E-state index contributed by atoms with van der Waals surface area (Å²) in [7, 11) is 1.60. The van der Waals surface area contributed by atoms with E-state index in [0.29, 0.717) is 16.3 Å². The topological polar surface area (TPSA) is 76.0 Å². The summed E-state index contributed by atoms with van der Waals surface area (Å²) < 4.78 is 6.52. The van der Waals surface area contributed by atoms with Crippen LogP contribution < -0.4 is 4.74 Å². The number of methoxy groups -OCH3 is 1. The summed E-state index contributed by atoms with van der Waals surface area (Å²) in [5.41, 5.74) is 3.43. The zero-order valence-electron chi connectivity index (χ0n) is 18.3. The number of rotatable bonds is 8. The molecule has 4 aromatic rings. The lowest BCUT2D eigenvalue weighted by Gasteiger charge is -2.10. The van der Waals surface area contributed by atoms with Gasteiger partial charge in [-0.3, -0.25) is 9.59 Å². The Morgan fingerprint density at radius 2 is 1.58 bits per heavy atom. The van der Waals surface area contributed by atoms with Crippen LogP contribution in [0.2, 0.25) is 0 Å². The summed E-state index contributed by atoms with van der Waals surface area (Å²) in [6.07, 6.45) is -0.0313. The number of carbonyl (C=O) groups excluding carboxylic acids is 1. The molecule has 0 amide bonds. The highest BCUT2D eigenvalue weighted by Crippen LogP contribution is 2.38. The van der Waals surface area contributed by atoms with Gasteiger partial charge in [-0.15, -0.1) is 11.3 Å². The lowest BCUT2D eigenvalue weighted by molar-refractivity contribution is -0.141. The zero-order chi connectivity index (χ0) is 23.4. The van der Waals surface area contributed by atoms with E-state index in [4.69, 9.17) is 14.8 Å². The predicted octanol–water partition coefficient (Wildman–Crippen LogP) is 6.37. The molecule has 4 rings (SSSR count). The zero-order valence-corrected chi connectivity index (χ0v) is 19.1. The molecule has 33 heavy (non-hydrogen) atoms. The first-order valence-corrected chi connectivity index (χ1v) is 11.3. The van der Waals surface area contributed by atoms with Crippen LogP contribution in [-0.4, -0.2) is 29.7 Å². The molecule has 0 aliphatic heterocycles. The first-order chi connectivity index (χ1) is 16.0. The fraction of sp³-hybridized carbons (Fsp3) is 0.148. The Kier molecular flexibility index (Phi) is 6.66. The van der Waals surface area contributed by atoms with Crippen LogP contribution in [0.1, 0.15) is 34.1 Å². The van der Waals surface area contributed by atoms with E-state index in [9.17, 15) is 9.59 Å². The number of Topliss-reactive ketones (excluding diaryl/α,β-unsaturated/α-hetero) is 1. The number of aliphatic carboxylic acids is 1. The minimum absolute atomic E-state index is 0.0313. The van der Waals surface area contributed by atoms with Gasteiger partial charge in [-0.25, -0.2) is 4.99 Å². The van der Waals surface area contributed by atoms with Crippen LogP contribution in [0.25, 0.3) is 10.1 Å². The van der Waals surface area contributed by atoms with E-state index >= 15 is 0 Å². The van der Waals surface area contributed by atoms with Crippen molar-refractivity contribution in [2.24, 2.45) is 10.9 Å². The van der Waals surface area contributed by atoms with Gasteiger partial charge in [-0.05, 0) is 17.5 Å². The number of hydrogen-bond donors (Lipinski definition) is 1. The van der Waals surface area contributed by atoms with Crippen molar-refractivity contribution in [2.75, 3.05) is 7.11 Å². The molecule has 0 aliphatic rings. The average molecular weight is 458 g/mol. The quantitative estimate of drug-likeness (QED) is 0.246.